The minimum atomic E-state index is -3.40. The first kappa shape index (κ1) is 21.1. The second-order valence-electron chi connectivity index (χ2n) is 3.65. The minimum Gasteiger partial charge on any atom is -0.478 e. The summed E-state index contributed by atoms with van der Waals surface area (Å²) in [6.07, 6.45) is 3.39. The molecule has 0 atom stereocenters. The summed E-state index contributed by atoms with van der Waals surface area (Å²) in [6, 6.07) is 10.0. The number of primary sulfonamides is 1. The Kier molecular flexibility index (Phi) is 11.7. The fourth-order valence-corrected chi connectivity index (χ4v) is 0.713. The van der Waals surface area contributed by atoms with Gasteiger partial charge < -0.3 is 5.11 Å². The van der Waals surface area contributed by atoms with Crippen molar-refractivity contribution in [3.63, 3.8) is 0 Å². The summed E-state index contributed by atoms with van der Waals surface area (Å²) in [6.45, 7) is 9.81. The highest BCUT2D eigenvalue weighted by Crippen LogP contribution is 1.97. The van der Waals surface area contributed by atoms with E-state index in [1.165, 1.54) is 5.56 Å². The number of rotatable bonds is 3. The fraction of sp³-hybridized carbons (Fsp3) is 0.133. The highest BCUT2D eigenvalue weighted by molar-refractivity contribution is 7.92. The molecule has 1 aromatic rings. The van der Waals surface area contributed by atoms with Crippen LogP contribution < -0.4 is 5.14 Å². The van der Waals surface area contributed by atoms with Crippen molar-refractivity contribution in [1.29, 1.82) is 0 Å². The zero-order chi connectivity index (χ0) is 16.9. The lowest BCUT2D eigenvalue weighted by molar-refractivity contribution is -0.132. The predicted octanol–water partition coefficient (Wildman–Crippen LogP) is 2.79. The second-order valence-corrected chi connectivity index (χ2v) is 5.16. The van der Waals surface area contributed by atoms with Gasteiger partial charge in [-0.05, 0) is 19.4 Å². The van der Waals surface area contributed by atoms with Crippen LogP contribution in [0.3, 0.4) is 0 Å². The summed E-state index contributed by atoms with van der Waals surface area (Å²) >= 11 is 0. The second kappa shape index (κ2) is 11.6. The van der Waals surface area contributed by atoms with E-state index in [2.05, 4.69) is 18.3 Å². The van der Waals surface area contributed by atoms with Gasteiger partial charge in [0.2, 0.25) is 10.0 Å². The van der Waals surface area contributed by atoms with Gasteiger partial charge in [-0.25, -0.2) is 18.4 Å². The van der Waals surface area contributed by atoms with Crippen LogP contribution in [-0.2, 0) is 14.8 Å². The molecule has 0 aliphatic rings. The Morgan fingerprint density at radius 2 is 1.67 bits per heavy atom. The van der Waals surface area contributed by atoms with Gasteiger partial charge in [0.15, 0.2) is 0 Å². The summed E-state index contributed by atoms with van der Waals surface area (Å²) < 4.78 is 19.3. The number of carboxylic acids is 1. The average molecular weight is 311 g/mol. The molecule has 0 aliphatic carbocycles. The molecular formula is C15H21NO4S. The lowest BCUT2D eigenvalue weighted by Crippen LogP contribution is -2.05. The molecule has 6 heteroatoms. The summed E-state index contributed by atoms with van der Waals surface area (Å²) in [5, 5.41) is 13.2. The molecule has 0 fully saturated rings. The zero-order valence-corrected chi connectivity index (χ0v) is 13.0. The maximum Gasteiger partial charge on any atom is 0.330 e. The molecule has 21 heavy (non-hydrogen) atoms. The number of aliphatic carboxylic acids is 1. The molecule has 0 aromatic heterocycles. The summed E-state index contributed by atoms with van der Waals surface area (Å²) in [4.78, 5) is 9.86. The van der Waals surface area contributed by atoms with Crippen LogP contribution in [0.25, 0.3) is 6.08 Å². The minimum absolute atomic E-state index is 0.389. The van der Waals surface area contributed by atoms with Crippen LogP contribution in [0.1, 0.15) is 19.4 Å². The van der Waals surface area contributed by atoms with Gasteiger partial charge in [-0.2, -0.15) is 0 Å². The molecule has 0 spiro atoms. The van der Waals surface area contributed by atoms with Gasteiger partial charge in [0, 0.05) is 11.0 Å². The maximum absolute atomic E-state index is 9.86. The standard InChI is InChI=1S/C8H8.C5H8O2.C2H5NO2S/c1-2-8-6-4-3-5-7-8;1-3-4(2)5(6)7;1-2-6(3,4)5/h2-7H,1H2;3H,1-2H3,(H,6,7);2H,1H2,(H2,3,4,5). The number of benzene rings is 1. The average Bonchev–Trinajstić information content (AvgIpc) is 2.47. The Balaban J connectivity index is 0. The van der Waals surface area contributed by atoms with Crippen LogP contribution in [-0.4, -0.2) is 19.5 Å². The van der Waals surface area contributed by atoms with Crippen molar-refractivity contribution in [2.24, 2.45) is 5.14 Å². The van der Waals surface area contributed by atoms with Gasteiger partial charge in [0.1, 0.15) is 0 Å². The number of hydrogen-bond donors (Lipinski definition) is 2. The van der Waals surface area contributed by atoms with Crippen LogP contribution in [0.15, 0.2) is 60.5 Å². The maximum atomic E-state index is 9.86. The molecule has 0 radical (unpaired) electrons. The monoisotopic (exact) mass is 311 g/mol. The molecule has 0 aliphatic heterocycles. The molecule has 0 saturated heterocycles. The third-order valence-electron chi connectivity index (χ3n) is 2.04. The summed E-state index contributed by atoms with van der Waals surface area (Å²) in [5.74, 6) is -0.845. The van der Waals surface area contributed by atoms with Crippen LogP contribution in [0.4, 0.5) is 0 Å². The van der Waals surface area contributed by atoms with E-state index in [1.807, 2.05) is 36.4 Å². The van der Waals surface area contributed by atoms with E-state index in [1.54, 1.807) is 19.9 Å². The third-order valence-corrected chi connectivity index (χ3v) is 2.50. The quantitative estimate of drug-likeness (QED) is 0.839. The van der Waals surface area contributed by atoms with E-state index < -0.39 is 16.0 Å². The molecule has 3 N–H and O–H groups in total. The molecule has 5 nitrogen and oxygen atoms in total. The van der Waals surface area contributed by atoms with Crippen LogP contribution in [0, 0.1) is 0 Å². The van der Waals surface area contributed by atoms with Gasteiger partial charge in [-0.1, -0.05) is 55.6 Å². The molecule has 0 unspecified atom stereocenters. The third kappa shape index (κ3) is 15.8. The molecule has 1 rings (SSSR count). The van der Waals surface area contributed by atoms with Crippen molar-refractivity contribution < 1.29 is 18.3 Å². The number of nitrogens with two attached hydrogens (primary N) is 1. The summed E-state index contributed by atoms with van der Waals surface area (Å²) in [5.41, 5.74) is 1.56. The lowest BCUT2D eigenvalue weighted by atomic mass is 10.2. The Morgan fingerprint density at radius 1 is 1.24 bits per heavy atom. The van der Waals surface area contributed by atoms with E-state index in [0.29, 0.717) is 11.0 Å². The van der Waals surface area contributed by atoms with Crippen molar-refractivity contribution in [1.82, 2.24) is 0 Å². The van der Waals surface area contributed by atoms with Gasteiger partial charge in [-0.3, -0.25) is 0 Å². The van der Waals surface area contributed by atoms with Crippen molar-refractivity contribution in [2.75, 3.05) is 0 Å². The highest BCUT2D eigenvalue weighted by atomic mass is 32.2. The first-order valence-electron chi connectivity index (χ1n) is 5.86. The fourth-order valence-electron chi connectivity index (χ4n) is 0.713. The molecular weight excluding hydrogens is 290 g/mol. The number of hydrogen-bond acceptors (Lipinski definition) is 3. The smallest absolute Gasteiger partial charge is 0.330 e. The first-order chi connectivity index (χ1) is 9.67. The Morgan fingerprint density at radius 3 is 1.81 bits per heavy atom. The van der Waals surface area contributed by atoms with E-state index in [4.69, 9.17) is 5.11 Å². The Labute approximate surface area is 126 Å². The zero-order valence-electron chi connectivity index (χ0n) is 12.2. The van der Waals surface area contributed by atoms with Crippen LogP contribution >= 0.6 is 0 Å². The largest absolute Gasteiger partial charge is 0.478 e. The van der Waals surface area contributed by atoms with Crippen molar-refractivity contribution in [2.45, 2.75) is 13.8 Å². The SMILES string of the molecule is C=CS(N)(=O)=O.C=Cc1ccccc1.CC=C(C)C(=O)O. The van der Waals surface area contributed by atoms with Gasteiger partial charge >= 0.3 is 5.97 Å². The molecule has 1 aromatic carbocycles. The number of carboxylic acid groups (broad SMARTS) is 1. The van der Waals surface area contributed by atoms with Crippen LogP contribution in [0.5, 0.6) is 0 Å². The highest BCUT2D eigenvalue weighted by Gasteiger charge is 1.93. The lowest BCUT2D eigenvalue weighted by Gasteiger charge is -1.85. The van der Waals surface area contributed by atoms with E-state index in [0.717, 1.165) is 0 Å². The molecule has 0 heterocycles. The number of carbonyl (C=O) groups is 1. The topological polar surface area (TPSA) is 97.5 Å². The van der Waals surface area contributed by atoms with E-state index in [-0.39, 0.29) is 0 Å². The predicted molar refractivity (Wildman–Crippen MR) is 86.9 cm³/mol. The van der Waals surface area contributed by atoms with Crippen molar-refractivity contribution in [3.05, 3.63) is 66.1 Å². The van der Waals surface area contributed by atoms with Gasteiger partial charge in [0.05, 0.1) is 0 Å². The molecule has 0 saturated carbocycles. The molecule has 0 bridgehead atoms. The van der Waals surface area contributed by atoms with E-state index >= 15 is 0 Å². The molecule has 116 valence electrons. The van der Waals surface area contributed by atoms with Crippen molar-refractivity contribution >= 4 is 22.1 Å². The Bertz CT molecular complexity index is 563. The summed E-state index contributed by atoms with van der Waals surface area (Å²) in [7, 11) is -3.40. The normalized spacial score (nSPS) is 10.1. The van der Waals surface area contributed by atoms with Gasteiger partial charge in [-0.15, -0.1) is 0 Å². The van der Waals surface area contributed by atoms with Crippen LogP contribution in [0.2, 0.25) is 0 Å². The Hall–Kier alpha value is -2.18. The number of allylic oxidation sites excluding steroid dienone is 1. The number of sulfonamides is 1. The van der Waals surface area contributed by atoms with E-state index in [9.17, 15) is 13.2 Å². The first-order valence-corrected chi connectivity index (χ1v) is 7.47. The molecule has 0 amide bonds. The van der Waals surface area contributed by atoms with Gasteiger partial charge in [0.25, 0.3) is 0 Å². The van der Waals surface area contributed by atoms with Crippen molar-refractivity contribution in [3.8, 4) is 0 Å².